The van der Waals surface area contributed by atoms with E-state index in [1.165, 1.54) is 22.3 Å². The first kappa shape index (κ1) is 38.8. The Hall–Kier alpha value is -2.87. The number of ether oxygens (including phenoxy) is 1. The zero-order valence-electron chi connectivity index (χ0n) is 30.6. The van der Waals surface area contributed by atoms with Gasteiger partial charge in [0.1, 0.15) is 12.3 Å². The molecule has 0 radical (unpaired) electrons. The van der Waals surface area contributed by atoms with E-state index in [0.717, 1.165) is 93.6 Å². The van der Waals surface area contributed by atoms with Gasteiger partial charge in [0.05, 0.1) is 47.7 Å². The Morgan fingerprint density at radius 3 is 2.40 bits per heavy atom. The molecule has 3 heterocycles. The van der Waals surface area contributed by atoms with Crippen molar-refractivity contribution in [3.8, 4) is 5.75 Å². The van der Waals surface area contributed by atoms with Crippen LogP contribution in [0.4, 0.5) is 0 Å². The number of carbonyl (C=O) groups is 1. The van der Waals surface area contributed by atoms with Crippen molar-refractivity contribution in [2.45, 2.75) is 82.4 Å². The van der Waals surface area contributed by atoms with Crippen LogP contribution in [0.5, 0.6) is 5.75 Å². The van der Waals surface area contributed by atoms with E-state index in [1.807, 2.05) is 44.2 Å². The van der Waals surface area contributed by atoms with Gasteiger partial charge in [0.15, 0.2) is 0 Å². The summed E-state index contributed by atoms with van der Waals surface area (Å²) in [6.07, 6.45) is 6.69. The van der Waals surface area contributed by atoms with E-state index in [2.05, 4.69) is 76.9 Å². The predicted octanol–water partition coefficient (Wildman–Crippen LogP) is 6.13. The van der Waals surface area contributed by atoms with Crippen LogP contribution in [-0.2, 0) is 35.1 Å². The molecular formula is C44H52BrCl2N3O2. The van der Waals surface area contributed by atoms with E-state index in [9.17, 15) is 4.79 Å². The van der Waals surface area contributed by atoms with Crippen molar-refractivity contribution in [3.63, 3.8) is 0 Å². The lowest BCUT2D eigenvalue weighted by atomic mass is 9.70. The number of rotatable bonds is 10. The summed E-state index contributed by atoms with van der Waals surface area (Å²) in [5.74, 6) is 0.970. The summed E-state index contributed by atoms with van der Waals surface area (Å²) in [5.41, 5.74) is 6.39. The standard InChI is InChI=1S/C44H52Cl2N3O2.BrH/c1-33(2)51-38-14-8-12-35(28-38)29-42(50)48-24-9-19-43(32-48,37-16-17-40(45)41(46)30-37)20-25-49(31-34-10-4-3-5-11-34)26-21-44(22-27-49)39-15-7-6-13-36(39)18-23-47-44;/h3-8,10-17,28,30,33,47H,9,18-27,29,31-32H2,1-2H3;1H/q+1;/p-1. The number of carbonyl (C=O) groups excluding carboxylic acids is 1. The highest BCUT2D eigenvalue weighted by Crippen LogP contribution is 2.44. The molecule has 1 spiro atoms. The monoisotopic (exact) mass is 803 g/mol. The number of hydrogen-bond donors (Lipinski definition) is 1. The van der Waals surface area contributed by atoms with Gasteiger partial charge in [0.2, 0.25) is 5.91 Å². The molecule has 52 heavy (non-hydrogen) atoms. The number of piperidine rings is 2. The fraction of sp³-hybridized carbons (Fsp3) is 0.432. The second kappa shape index (κ2) is 16.7. The van der Waals surface area contributed by atoms with E-state index < -0.39 is 0 Å². The van der Waals surface area contributed by atoms with E-state index in [4.69, 9.17) is 27.9 Å². The van der Waals surface area contributed by atoms with Crippen LogP contribution in [-0.4, -0.2) is 60.7 Å². The number of fused-ring (bicyclic) bond motifs is 2. The first-order chi connectivity index (χ1) is 24.7. The van der Waals surface area contributed by atoms with Crippen molar-refractivity contribution in [1.82, 2.24) is 10.2 Å². The van der Waals surface area contributed by atoms with Crippen LogP contribution in [0.1, 0.15) is 73.8 Å². The Bertz CT molecular complexity index is 1830. The number of quaternary nitrogens is 1. The minimum absolute atomic E-state index is 0. The molecule has 2 saturated heterocycles. The third-order valence-corrected chi connectivity index (χ3v) is 12.7. The highest BCUT2D eigenvalue weighted by Gasteiger charge is 2.47. The van der Waals surface area contributed by atoms with Gasteiger partial charge in [-0.2, -0.15) is 0 Å². The Morgan fingerprint density at radius 2 is 1.63 bits per heavy atom. The van der Waals surface area contributed by atoms with Gasteiger partial charge in [-0.05, 0) is 79.6 Å². The van der Waals surface area contributed by atoms with Crippen molar-refractivity contribution in [1.29, 1.82) is 0 Å². The molecule has 1 amide bonds. The van der Waals surface area contributed by atoms with Crippen LogP contribution >= 0.6 is 23.2 Å². The summed E-state index contributed by atoms with van der Waals surface area (Å²) in [5, 5.41) is 5.15. The predicted molar refractivity (Wildman–Crippen MR) is 209 cm³/mol. The molecule has 0 bridgehead atoms. The molecule has 0 aromatic heterocycles. The number of nitrogens with one attached hydrogen (secondary N) is 1. The fourth-order valence-corrected chi connectivity index (χ4v) is 9.50. The van der Waals surface area contributed by atoms with Crippen LogP contribution in [0.25, 0.3) is 0 Å². The molecule has 0 aliphatic carbocycles. The van der Waals surface area contributed by atoms with Gasteiger partial charge in [0.25, 0.3) is 0 Å². The van der Waals surface area contributed by atoms with Crippen molar-refractivity contribution in [2.75, 3.05) is 39.3 Å². The summed E-state index contributed by atoms with van der Waals surface area (Å²) in [6, 6.07) is 34.3. The van der Waals surface area contributed by atoms with Crippen LogP contribution < -0.4 is 27.0 Å². The van der Waals surface area contributed by atoms with Gasteiger partial charge in [-0.1, -0.05) is 96.0 Å². The molecular weight excluding hydrogens is 753 g/mol. The van der Waals surface area contributed by atoms with Crippen molar-refractivity contribution in [3.05, 3.63) is 135 Å². The Labute approximate surface area is 331 Å². The first-order valence-electron chi connectivity index (χ1n) is 18.9. The molecule has 7 rings (SSSR count). The summed E-state index contributed by atoms with van der Waals surface area (Å²) in [4.78, 5) is 16.2. The summed E-state index contributed by atoms with van der Waals surface area (Å²) in [6.45, 7) is 10.8. The quantitative estimate of drug-likeness (QED) is 0.197. The van der Waals surface area contributed by atoms with Crippen molar-refractivity contribution < 1.29 is 31.0 Å². The van der Waals surface area contributed by atoms with Gasteiger partial charge >= 0.3 is 0 Å². The molecule has 4 aromatic rings. The average Bonchev–Trinajstić information content (AvgIpc) is 3.14. The number of hydrogen-bond acceptors (Lipinski definition) is 3. The molecule has 276 valence electrons. The molecule has 0 saturated carbocycles. The number of benzene rings is 4. The molecule has 3 aliphatic heterocycles. The van der Waals surface area contributed by atoms with E-state index in [-0.39, 0.29) is 39.9 Å². The van der Waals surface area contributed by atoms with Crippen LogP contribution in [0.15, 0.2) is 97.1 Å². The van der Waals surface area contributed by atoms with Crippen molar-refractivity contribution >= 4 is 29.1 Å². The maximum Gasteiger partial charge on any atom is 0.227 e. The third-order valence-electron chi connectivity index (χ3n) is 11.9. The normalized spacial score (nSPS) is 24.3. The van der Waals surface area contributed by atoms with Gasteiger partial charge in [-0.25, -0.2) is 0 Å². The molecule has 4 aromatic carbocycles. The van der Waals surface area contributed by atoms with E-state index in [1.54, 1.807) is 0 Å². The molecule has 1 N–H and O–H groups in total. The molecule has 5 nitrogen and oxygen atoms in total. The Kier molecular flexibility index (Phi) is 12.4. The average molecular weight is 806 g/mol. The molecule has 3 aliphatic rings. The van der Waals surface area contributed by atoms with Crippen LogP contribution in [0.3, 0.4) is 0 Å². The van der Waals surface area contributed by atoms with Gasteiger partial charge in [0, 0.05) is 49.9 Å². The maximum absolute atomic E-state index is 14.1. The van der Waals surface area contributed by atoms with Crippen LogP contribution in [0.2, 0.25) is 10.0 Å². The van der Waals surface area contributed by atoms with Crippen LogP contribution in [0, 0.1) is 0 Å². The summed E-state index contributed by atoms with van der Waals surface area (Å²) < 4.78 is 6.97. The molecule has 2 fully saturated rings. The number of nitrogens with zero attached hydrogens (tertiary/aromatic N) is 2. The number of halogens is 3. The highest BCUT2D eigenvalue weighted by molar-refractivity contribution is 6.42. The lowest BCUT2D eigenvalue weighted by Crippen LogP contribution is -3.00. The second-order valence-corrected chi connectivity index (χ2v) is 16.5. The largest absolute Gasteiger partial charge is 1.00 e. The fourth-order valence-electron chi connectivity index (χ4n) is 9.20. The van der Waals surface area contributed by atoms with Crippen molar-refractivity contribution in [2.24, 2.45) is 0 Å². The van der Waals surface area contributed by atoms with E-state index >= 15 is 0 Å². The molecule has 1 atom stereocenters. The number of amides is 1. The van der Waals surface area contributed by atoms with Gasteiger partial charge in [-0.15, -0.1) is 0 Å². The maximum atomic E-state index is 14.1. The third kappa shape index (κ3) is 8.58. The minimum atomic E-state index is -0.225. The van der Waals surface area contributed by atoms with Gasteiger partial charge in [-0.3, -0.25) is 4.79 Å². The second-order valence-electron chi connectivity index (χ2n) is 15.6. The Balaban J connectivity index is 0.00000464. The highest BCUT2D eigenvalue weighted by atomic mass is 79.9. The molecule has 8 heteroatoms. The minimum Gasteiger partial charge on any atom is -1.00 e. The SMILES string of the molecule is CC(C)Oc1cccc(CC(=O)N2CCCC(CC[N+]3(Cc4ccccc4)CCC4(CC3)NCCc3ccccc34)(c3ccc(Cl)c(Cl)c3)C2)c1.[Br-]. The van der Waals surface area contributed by atoms with E-state index in [0.29, 0.717) is 23.0 Å². The lowest BCUT2D eigenvalue weighted by molar-refractivity contribution is -0.947. The smallest absolute Gasteiger partial charge is 0.227 e. The zero-order chi connectivity index (χ0) is 35.5. The van der Waals surface area contributed by atoms with Gasteiger partial charge < -0.3 is 36.4 Å². The summed E-state index contributed by atoms with van der Waals surface area (Å²) >= 11 is 13.2. The molecule has 1 unspecified atom stereocenters. The lowest BCUT2D eigenvalue weighted by Gasteiger charge is -2.52. The zero-order valence-corrected chi connectivity index (χ0v) is 33.7. The number of likely N-dealkylation sites (tertiary alicyclic amines) is 2. The summed E-state index contributed by atoms with van der Waals surface area (Å²) in [7, 11) is 0. The Morgan fingerprint density at radius 1 is 0.885 bits per heavy atom. The first-order valence-corrected chi connectivity index (χ1v) is 19.6. The topological polar surface area (TPSA) is 41.6 Å².